The molecule has 1 aromatic rings. The number of methoxy groups -OCH3 is 1. The zero-order valence-corrected chi connectivity index (χ0v) is 11.9. The predicted octanol–water partition coefficient (Wildman–Crippen LogP) is 2.47. The average Bonchev–Trinajstić information content (AvgIpc) is 2.49. The summed E-state index contributed by atoms with van der Waals surface area (Å²) >= 11 is 0. The van der Waals surface area contributed by atoms with Crippen LogP contribution in [-0.2, 0) is 20.9 Å². The number of aliphatic hydroxyl groups is 1. The van der Waals surface area contributed by atoms with Crippen molar-refractivity contribution in [3.63, 3.8) is 0 Å². The van der Waals surface area contributed by atoms with Crippen molar-refractivity contribution >= 4 is 5.97 Å². The lowest BCUT2D eigenvalue weighted by Crippen LogP contribution is -2.38. The molecule has 0 bridgehead atoms. The highest BCUT2D eigenvalue weighted by Gasteiger charge is 2.45. The lowest BCUT2D eigenvalue weighted by atomic mass is 10.0. The average molecular weight is 318 g/mol. The molecule has 0 aromatic heterocycles. The predicted molar refractivity (Wildman–Crippen MR) is 72.8 cm³/mol. The Morgan fingerprint density at radius 2 is 1.95 bits per heavy atom. The number of rotatable bonds is 7. The third kappa shape index (κ3) is 5.87. The van der Waals surface area contributed by atoms with E-state index >= 15 is 0 Å². The van der Waals surface area contributed by atoms with Gasteiger partial charge in [-0.2, -0.15) is 13.2 Å². The van der Waals surface area contributed by atoms with Crippen LogP contribution < -0.4 is 0 Å². The number of esters is 1. The van der Waals surface area contributed by atoms with E-state index in [1.54, 1.807) is 0 Å². The fourth-order valence-electron chi connectivity index (χ4n) is 1.68. The molecule has 0 spiro atoms. The molecule has 0 heterocycles. The second-order valence-corrected chi connectivity index (χ2v) is 4.46. The molecule has 0 amide bonds. The summed E-state index contributed by atoms with van der Waals surface area (Å²) in [6, 6.07) is 9.12. The number of carbonyl (C=O) groups is 1. The number of carbonyl (C=O) groups excluding carboxylic acids is 1. The molecule has 0 aliphatic heterocycles. The summed E-state index contributed by atoms with van der Waals surface area (Å²) in [5.41, 5.74) is 0.887. The Hall–Kier alpha value is -1.86. The van der Waals surface area contributed by atoms with Crippen LogP contribution in [0.15, 0.2) is 42.5 Å². The van der Waals surface area contributed by atoms with Gasteiger partial charge in [-0.05, 0) is 5.56 Å². The molecule has 0 saturated heterocycles. The van der Waals surface area contributed by atoms with Crippen molar-refractivity contribution < 1.29 is 32.5 Å². The van der Waals surface area contributed by atoms with Crippen molar-refractivity contribution in [3.05, 3.63) is 48.0 Å². The van der Waals surface area contributed by atoms with E-state index in [4.69, 9.17) is 4.74 Å². The normalized spacial score (nSPS) is 14.8. The fourth-order valence-corrected chi connectivity index (χ4v) is 1.68. The minimum Gasteiger partial charge on any atom is -0.467 e. The Kier molecular flexibility index (Phi) is 7.07. The Morgan fingerprint density at radius 3 is 2.50 bits per heavy atom. The van der Waals surface area contributed by atoms with Gasteiger partial charge in [-0.15, -0.1) is 0 Å². The van der Waals surface area contributed by atoms with E-state index in [0.717, 1.165) is 18.7 Å². The molecule has 0 saturated carbocycles. The Balaban J connectivity index is 2.53. The quantitative estimate of drug-likeness (QED) is 0.477. The molecular weight excluding hydrogens is 301 g/mol. The molecule has 0 aliphatic rings. The van der Waals surface area contributed by atoms with E-state index in [-0.39, 0.29) is 13.2 Å². The van der Waals surface area contributed by atoms with Crippen LogP contribution in [0.1, 0.15) is 5.56 Å². The zero-order valence-electron chi connectivity index (χ0n) is 11.9. The highest BCUT2D eigenvalue weighted by Crippen LogP contribution is 2.30. The molecular formula is C15H17F3O4. The number of benzene rings is 1. The first kappa shape index (κ1) is 18.2. The van der Waals surface area contributed by atoms with Crippen LogP contribution in [0.2, 0.25) is 0 Å². The summed E-state index contributed by atoms with van der Waals surface area (Å²) in [7, 11) is 0.908. The lowest BCUT2D eigenvalue weighted by molar-refractivity contribution is -0.196. The van der Waals surface area contributed by atoms with Crippen LogP contribution >= 0.6 is 0 Å². The van der Waals surface area contributed by atoms with Crippen molar-refractivity contribution in [2.45, 2.75) is 18.9 Å². The van der Waals surface area contributed by atoms with Gasteiger partial charge in [0, 0.05) is 0 Å². The second kappa shape index (κ2) is 8.55. The van der Waals surface area contributed by atoms with Crippen molar-refractivity contribution in [3.8, 4) is 0 Å². The highest BCUT2D eigenvalue weighted by molar-refractivity contribution is 5.75. The first-order valence-electron chi connectivity index (χ1n) is 6.47. The SMILES string of the molecule is COC(=O)[C@@H](O)[C@H](/C=C/COCc1ccccc1)C(F)(F)F. The zero-order chi connectivity index (χ0) is 16.6. The van der Waals surface area contributed by atoms with Gasteiger partial charge in [-0.1, -0.05) is 42.5 Å². The Labute approximate surface area is 126 Å². The third-order valence-corrected chi connectivity index (χ3v) is 2.83. The minimum atomic E-state index is -4.76. The summed E-state index contributed by atoms with van der Waals surface area (Å²) in [5, 5.41) is 9.36. The Morgan fingerprint density at radius 1 is 1.32 bits per heavy atom. The van der Waals surface area contributed by atoms with E-state index in [0.29, 0.717) is 6.08 Å². The number of ether oxygens (including phenoxy) is 2. The van der Waals surface area contributed by atoms with Gasteiger partial charge in [0.15, 0.2) is 6.10 Å². The molecule has 4 nitrogen and oxygen atoms in total. The van der Waals surface area contributed by atoms with Gasteiger partial charge in [0.05, 0.1) is 20.3 Å². The van der Waals surface area contributed by atoms with Crippen molar-refractivity contribution in [1.82, 2.24) is 0 Å². The summed E-state index contributed by atoms with van der Waals surface area (Å²) in [4.78, 5) is 11.0. The topological polar surface area (TPSA) is 55.8 Å². The van der Waals surface area contributed by atoms with Crippen LogP contribution in [-0.4, -0.2) is 37.1 Å². The van der Waals surface area contributed by atoms with E-state index in [1.165, 1.54) is 0 Å². The first-order chi connectivity index (χ1) is 10.4. The van der Waals surface area contributed by atoms with E-state index in [2.05, 4.69) is 4.74 Å². The van der Waals surface area contributed by atoms with Crippen LogP contribution in [0.5, 0.6) is 0 Å². The van der Waals surface area contributed by atoms with Gasteiger partial charge in [0.25, 0.3) is 0 Å². The van der Waals surface area contributed by atoms with Crippen LogP contribution in [0.3, 0.4) is 0 Å². The summed E-state index contributed by atoms with van der Waals surface area (Å²) in [6.07, 6.45) is -5.24. The molecule has 1 rings (SSSR count). The van der Waals surface area contributed by atoms with E-state index in [1.807, 2.05) is 30.3 Å². The van der Waals surface area contributed by atoms with Gasteiger partial charge in [-0.25, -0.2) is 4.79 Å². The van der Waals surface area contributed by atoms with Gasteiger partial charge in [-0.3, -0.25) is 0 Å². The minimum absolute atomic E-state index is 0.0740. The van der Waals surface area contributed by atoms with Crippen LogP contribution in [0.4, 0.5) is 13.2 Å². The molecule has 0 radical (unpaired) electrons. The largest absolute Gasteiger partial charge is 0.467 e. The molecule has 0 fully saturated rings. The van der Waals surface area contributed by atoms with Gasteiger partial charge >= 0.3 is 12.1 Å². The lowest BCUT2D eigenvalue weighted by Gasteiger charge is -2.20. The molecule has 0 unspecified atom stereocenters. The molecule has 2 atom stereocenters. The maximum atomic E-state index is 12.8. The maximum Gasteiger partial charge on any atom is 0.398 e. The van der Waals surface area contributed by atoms with Crippen molar-refractivity contribution in [1.29, 1.82) is 0 Å². The fraction of sp³-hybridized carbons (Fsp3) is 0.400. The third-order valence-electron chi connectivity index (χ3n) is 2.83. The Bertz CT molecular complexity index is 485. The van der Waals surface area contributed by atoms with Gasteiger partial charge < -0.3 is 14.6 Å². The van der Waals surface area contributed by atoms with Gasteiger partial charge in [0.1, 0.15) is 5.92 Å². The molecule has 22 heavy (non-hydrogen) atoms. The van der Waals surface area contributed by atoms with Crippen molar-refractivity contribution in [2.24, 2.45) is 5.92 Å². The highest BCUT2D eigenvalue weighted by atomic mass is 19.4. The molecule has 7 heteroatoms. The second-order valence-electron chi connectivity index (χ2n) is 4.46. The van der Waals surface area contributed by atoms with Crippen LogP contribution in [0, 0.1) is 5.92 Å². The maximum absolute atomic E-state index is 12.8. The summed E-state index contributed by atoms with van der Waals surface area (Å²) in [5.74, 6) is -3.67. The molecule has 1 N–H and O–H groups in total. The smallest absolute Gasteiger partial charge is 0.398 e. The monoisotopic (exact) mass is 318 g/mol. The first-order valence-corrected chi connectivity index (χ1v) is 6.47. The number of halogens is 3. The number of aliphatic hydroxyl groups excluding tert-OH is 1. The summed E-state index contributed by atoms with van der Waals surface area (Å²) in [6.45, 7) is 0.177. The standard InChI is InChI=1S/C15H17F3O4/c1-21-14(20)13(19)12(15(16,17)18)8-5-9-22-10-11-6-3-2-4-7-11/h2-8,12-13,19H,9-10H2,1H3/b8-5+/t12-,13-/m0/s1. The number of alkyl halides is 3. The molecule has 122 valence electrons. The number of hydrogen-bond donors (Lipinski definition) is 1. The van der Waals surface area contributed by atoms with Crippen LogP contribution in [0.25, 0.3) is 0 Å². The van der Waals surface area contributed by atoms with E-state index < -0.39 is 24.2 Å². The van der Waals surface area contributed by atoms with Crippen molar-refractivity contribution in [2.75, 3.05) is 13.7 Å². The molecule has 1 aromatic carbocycles. The van der Waals surface area contributed by atoms with E-state index in [9.17, 15) is 23.1 Å². The summed E-state index contributed by atoms with van der Waals surface area (Å²) < 4.78 is 47.7. The van der Waals surface area contributed by atoms with Gasteiger partial charge in [0.2, 0.25) is 0 Å². The number of hydrogen-bond acceptors (Lipinski definition) is 4. The molecule has 0 aliphatic carbocycles.